The number of nitrogens with two attached hydrogens (primary N) is 1. The molecule has 0 saturated heterocycles. The third kappa shape index (κ3) is 1.40. The number of nitrogen functional groups attached to an aromatic ring is 1. The molecular weight excluding hydrogens is 242 g/mol. The van der Waals surface area contributed by atoms with E-state index in [0.29, 0.717) is 4.88 Å². The number of carbonyl (C=O) groups is 1. The van der Waals surface area contributed by atoms with E-state index in [1.807, 2.05) is 18.3 Å². The van der Waals surface area contributed by atoms with Gasteiger partial charge < -0.3 is 20.3 Å². The first-order chi connectivity index (χ1) is 8.16. The third-order valence-electron chi connectivity index (χ3n) is 2.40. The standard InChI is InChI=1S/C10H7N3O3S/c11-8-6(10(14)15)7(13-16-8)5-3-4-1-2-12-9(4)17-5/h1-3,12H,11H2,(H,14,15). The number of fused-ring (bicyclic) bond motifs is 1. The van der Waals surface area contributed by atoms with Crippen molar-refractivity contribution in [1.82, 2.24) is 10.1 Å². The van der Waals surface area contributed by atoms with Gasteiger partial charge in [0.05, 0.1) is 4.88 Å². The number of aromatic amines is 1. The Morgan fingerprint density at radius 1 is 1.59 bits per heavy atom. The van der Waals surface area contributed by atoms with Crippen LogP contribution >= 0.6 is 11.3 Å². The maximum atomic E-state index is 11.0. The summed E-state index contributed by atoms with van der Waals surface area (Å²) in [5, 5.41) is 13.7. The van der Waals surface area contributed by atoms with Gasteiger partial charge in [-0.25, -0.2) is 4.79 Å². The predicted molar refractivity (Wildman–Crippen MR) is 63.0 cm³/mol. The molecule has 0 bridgehead atoms. The smallest absolute Gasteiger partial charge is 0.343 e. The lowest BCUT2D eigenvalue weighted by atomic mass is 10.2. The van der Waals surface area contributed by atoms with Gasteiger partial charge >= 0.3 is 5.97 Å². The van der Waals surface area contributed by atoms with E-state index in [4.69, 9.17) is 15.4 Å². The van der Waals surface area contributed by atoms with E-state index in [-0.39, 0.29) is 17.1 Å². The van der Waals surface area contributed by atoms with Crippen molar-refractivity contribution in [3.8, 4) is 10.6 Å². The highest BCUT2D eigenvalue weighted by molar-refractivity contribution is 7.21. The van der Waals surface area contributed by atoms with Crippen molar-refractivity contribution in [3.05, 3.63) is 23.9 Å². The number of hydrogen-bond donors (Lipinski definition) is 3. The van der Waals surface area contributed by atoms with Crippen molar-refractivity contribution in [2.45, 2.75) is 0 Å². The lowest BCUT2D eigenvalue weighted by Crippen LogP contribution is -2.00. The Kier molecular flexibility index (Phi) is 1.96. The minimum absolute atomic E-state index is 0.0890. The number of carboxylic acids is 1. The molecule has 6 nitrogen and oxygen atoms in total. The molecule has 0 aliphatic heterocycles. The fraction of sp³-hybridized carbons (Fsp3) is 0. The summed E-state index contributed by atoms with van der Waals surface area (Å²) in [5.74, 6) is -1.32. The molecule has 86 valence electrons. The Morgan fingerprint density at radius 2 is 2.41 bits per heavy atom. The molecule has 0 unspecified atom stereocenters. The van der Waals surface area contributed by atoms with Crippen molar-refractivity contribution in [2.75, 3.05) is 5.73 Å². The average molecular weight is 249 g/mol. The van der Waals surface area contributed by atoms with E-state index >= 15 is 0 Å². The molecule has 0 radical (unpaired) electrons. The molecule has 0 aliphatic rings. The quantitative estimate of drug-likeness (QED) is 0.645. The largest absolute Gasteiger partial charge is 0.477 e. The molecule has 0 spiro atoms. The number of carboxylic acid groups (broad SMARTS) is 1. The van der Waals surface area contributed by atoms with Crippen LogP contribution in [0.3, 0.4) is 0 Å². The van der Waals surface area contributed by atoms with Gasteiger partial charge in [-0.1, -0.05) is 5.16 Å². The summed E-state index contributed by atoms with van der Waals surface area (Å²) < 4.78 is 4.73. The molecule has 0 aliphatic carbocycles. The van der Waals surface area contributed by atoms with Gasteiger partial charge in [0, 0.05) is 11.6 Å². The van der Waals surface area contributed by atoms with Gasteiger partial charge in [-0.15, -0.1) is 11.3 Å². The molecule has 4 N–H and O–H groups in total. The normalized spacial score (nSPS) is 11.1. The first-order valence-electron chi connectivity index (χ1n) is 4.72. The first-order valence-corrected chi connectivity index (χ1v) is 5.54. The number of rotatable bonds is 2. The monoisotopic (exact) mass is 249 g/mol. The van der Waals surface area contributed by atoms with E-state index in [1.54, 1.807) is 0 Å². The number of hydrogen-bond acceptors (Lipinski definition) is 5. The van der Waals surface area contributed by atoms with Crippen molar-refractivity contribution in [1.29, 1.82) is 0 Å². The number of aromatic carboxylic acids is 1. The summed E-state index contributed by atoms with van der Waals surface area (Å²) in [5.41, 5.74) is 5.62. The molecule has 3 rings (SSSR count). The average Bonchev–Trinajstić information content (AvgIpc) is 2.88. The molecule has 3 aromatic rings. The van der Waals surface area contributed by atoms with Gasteiger partial charge in [-0.3, -0.25) is 0 Å². The van der Waals surface area contributed by atoms with Crippen molar-refractivity contribution < 1.29 is 14.4 Å². The van der Waals surface area contributed by atoms with Gasteiger partial charge in [0.25, 0.3) is 0 Å². The SMILES string of the molecule is Nc1onc(-c2cc3cc[nH]c3s2)c1C(=O)O. The maximum Gasteiger partial charge on any atom is 0.343 e. The van der Waals surface area contributed by atoms with Crippen LogP contribution in [0.15, 0.2) is 22.9 Å². The van der Waals surface area contributed by atoms with E-state index in [2.05, 4.69) is 10.1 Å². The summed E-state index contributed by atoms with van der Waals surface area (Å²) in [6.07, 6.45) is 1.82. The molecule has 0 aromatic carbocycles. The second-order valence-electron chi connectivity index (χ2n) is 3.45. The van der Waals surface area contributed by atoms with E-state index in [9.17, 15) is 4.79 Å². The first kappa shape index (κ1) is 9.91. The molecule has 0 amide bonds. The Hall–Kier alpha value is -2.28. The number of aromatic nitrogens is 2. The number of anilines is 1. The molecule has 3 heterocycles. The molecule has 0 fully saturated rings. The highest BCUT2D eigenvalue weighted by Crippen LogP contribution is 2.35. The van der Waals surface area contributed by atoms with Gasteiger partial charge in [0.2, 0.25) is 5.88 Å². The van der Waals surface area contributed by atoms with Gasteiger partial charge in [0.15, 0.2) is 5.56 Å². The van der Waals surface area contributed by atoms with E-state index in [1.165, 1.54) is 11.3 Å². The van der Waals surface area contributed by atoms with Gasteiger partial charge in [-0.2, -0.15) is 0 Å². The molecule has 0 atom stereocenters. The van der Waals surface area contributed by atoms with Crippen LogP contribution in [0.4, 0.5) is 5.88 Å². The molecule has 7 heteroatoms. The second kappa shape index (κ2) is 3.36. The topological polar surface area (TPSA) is 105 Å². The van der Waals surface area contributed by atoms with Gasteiger partial charge in [0.1, 0.15) is 10.5 Å². The predicted octanol–water partition coefficient (Wildman–Crippen LogP) is 2.16. The van der Waals surface area contributed by atoms with Crippen molar-refractivity contribution in [2.24, 2.45) is 0 Å². The highest BCUT2D eigenvalue weighted by atomic mass is 32.1. The van der Waals surface area contributed by atoms with Crippen LogP contribution < -0.4 is 5.73 Å². The number of nitrogens with zero attached hydrogens (tertiary/aromatic N) is 1. The minimum Gasteiger partial charge on any atom is -0.477 e. The lowest BCUT2D eigenvalue weighted by molar-refractivity contribution is 0.0698. The van der Waals surface area contributed by atoms with Crippen LogP contribution in [0.2, 0.25) is 0 Å². The zero-order chi connectivity index (χ0) is 12.0. The maximum absolute atomic E-state index is 11.0. The fourth-order valence-electron chi connectivity index (χ4n) is 1.64. The molecule has 17 heavy (non-hydrogen) atoms. The third-order valence-corrected chi connectivity index (χ3v) is 3.49. The Morgan fingerprint density at radius 3 is 3.12 bits per heavy atom. The molecule has 3 aromatic heterocycles. The summed E-state index contributed by atoms with van der Waals surface area (Å²) in [7, 11) is 0. The van der Waals surface area contributed by atoms with Crippen molar-refractivity contribution in [3.63, 3.8) is 0 Å². The highest BCUT2D eigenvalue weighted by Gasteiger charge is 2.23. The molecular formula is C10H7N3O3S. The molecule has 0 saturated carbocycles. The number of nitrogens with one attached hydrogen (secondary N) is 1. The van der Waals surface area contributed by atoms with E-state index in [0.717, 1.165) is 10.2 Å². The summed E-state index contributed by atoms with van der Waals surface area (Å²) >= 11 is 1.40. The summed E-state index contributed by atoms with van der Waals surface area (Å²) in [6, 6.07) is 3.75. The summed E-state index contributed by atoms with van der Waals surface area (Å²) in [6.45, 7) is 0. The lowest BCUT2D eigenvalue weighted by Gasteiger charge is -1.92. The zero-order valence-corrected chi connectivity index (χ0v) is 9.25. The summed E-state index contributed by atoms with van der Waals surface area (Å²) in [4.78, 5) is 15.8. The zero-order valence-electron chi connectivity index (χ0n) is 8.43. The Bertz CT molecular complexity index is 681. The number of H-pyrrole nitrogens is 1. The van der Waals surface area contributed by atoms with Gasteiger partial charge in [-0.05, 0) is 12.1 Å². The second-order valence-corrected chi connectivity index (χ2v) is 4.50. The Balaban J connectivity index is 2.22. The minimum atomic E-state index is -1.14. The Labute approximate surface area is 98.6 Å². The van der Waals surface area contributed by atoms with Crippen LogP contribution in [0, 0.1) is 0 Å². The fourth-order valence-corrected chi connectivity index (χ4v) is 2.66. The van der Waals surface area contributed by atoms with Crippen LogP contribution in [0.5, 0.6) is 0 Å². The van der Waals surface area contributed by atoms with Crippen LogP contribution in [0.1, 0.15) is 10.4 Å². The van der Waals surface area contributed by atoms with Crippen LogP contribution in [0.25, 0.3) is 20.8 Å². The van der Waals surface area contributed by atoms with E-state index < -0.39 is 5.97 Å². The van der Waals surface area contributed by atoms with Crippen LogP contribution in [-0.2, 0) is 0 Å². The van der Waals surface area contributed by atoms with Crippen molar-refractivity contribution >= 4 is 33.4 Å². The van der Waals surface area contributed by atoms with Crippen LogP contribution in [-0.4, -0.2) is 21.2 Å². The number of thiophene rings is 1.